The van der Waals surface area contributed by atoms with Crippen LogP contribution in [0.2, 0.25) is 0 Å². The van der Waals surface area contributed by atoms with Gasteiger partial charge in [-0.1, -0.05) is 11.3 Å². The lowest BCUT2D eigenvalue weighted by molar-refractivity contribution is 0.646. The van der Waals surface area contributed by atoms with Crippen LogP contribution in [-0.2, 0) is 6.54 Å². The Morgan fingerprint density at radius 2 is 2.22 bits per heavy atom. The van der Waals surface area contributed by atoms with Gasteiger partial charge in [0.1, 0.15) is 17.1 Å². The van der Waals surface area contributed by atoms with Crippen molar-refractivity contribution in [2.45, 2.75) is 13.5 Å². The molecule has 0 aliphatic heterocycles. The zero-order valence-corrected chi connectivity index (χ0v) is 12.2. The summed E-state index contributed by atoms with van der Waals surface area (Å²) in [6.45, 7) is 2.73. The van der Waals surface area contributed by atoms with Crippen molar-refractivity contribution in [3.63, 3.8) is 0 Å². The lowest BCUT2D eigenvalue weighted by Gasteiger charge is -2.03. The normalized spacial score (nSPS) is 11.1. The second-order valence-corrected chi connectivity index (χ2v) is 5.06. The minimum absolute atomic E-state index is 0.299. The fourth-order valence-electron chi connectivity index (χ4n) is 2.59. The molecule has 0 radical (unpaired) electrons. The quantitative estimate of drug-likeness (QED) is 0.601. The molecule has 0 bridgehead atoms. The number of nitrogens with one attached hydrogen (secondary N) is 1. The predicted octanol–water partition coefficient (Wildman–Crippen LogP) is 1.33. The SMILES string of the molecule is CCn1nnc2cc(-c3cc(=O)n4ncc(C#N)c4[nH]3)ccc21. The van der Waals surface area contributed by atoms with E-state index < -0.39 is 0 Å². The molecule has 0 aliphatic carbocycles. The summed E-state index contributed by atoms with van der Waals surface area (Å²) in [4.78, 5) is 15.2. The van der Waals surface area contributed by atoms with Crippen LogP contribution in [-0.4, -0.2) is 29.6 Å². The Morgan fingerprint density at radius 3 is 3.00 bits per heavy atom. The van der Waals surface area contributed by atoms with Crippen LogP contribution in [0.15, 0.2) is 35.3 Å². The number of fused-ring (bicyclic) bond motifs is 2. The first-order valence-electron chi connectivity index (χ1n) is 7.06. The monoisotopic (exact) mass is 305 g/mol. The standard InChI is InChI=1S/C15H11N7O/c1-2-21-13-4-3-9(5-12(13)19-20-21)11-6-14(23)22-15(18-11)10(7-16)8-17-22/h3-6,8,18H,2H2,1H3. The Labute approximate surface area is 129 Å². The van der Waals surface area contributed by atoms with Crippen LogP contribution in [0.5, 0.6) is 0 Å². The number of aryl methyl sites for hydroxylation is 1. The average Bonchev–Trinajstić information content (AvgIpc) is 3.17. The van der Waals surface area contributed by atoms with E-state index in [0.717, 1.165) is 23.1 Å². The fourth-order valence-corrected chi connectivity index (χ4v) is 2.59. The lowest BCUT2D eigenvalue weighted by atomic mass is 10.1. The van der Waals surface area contributed by atoms with E-state index in [-0.39, 0.29) is 5.56 Å². The summed E-state index contributed by atoms with van der Waals surface area (Å²) in [6.07, 6.45) is 1.37. The minimum Gasteiger partial charge on any atom is -0.338 e. The van der Waals surface area contributed by atoms with Crippen LogP contribution >= 0.6 is 0 Å². The zero-order chi connectivity index (χ0) is 16.0. The smallest absolute Gasteiger partial charge is 0.274 e. The minimum atomic E-state index is -0.299. The Kier molecular flexibility index (Phi) is 2.74. The van der Waals surface area contributed by atoms with E-state index in [4.69, 9.17) is 5.26 Å². The molecule has 23 heavy (non-hydrogen) atoms. The van der Waals surface area contributed by atoms with Gasteiger partial charge >= 0.3 is 0 Å². The van der Waals surface area contributed by atoms with Gasteiger partial charge in [-0.05, 0) is 19.1 Å². The number of aromatic nitrogens is 6. The molecule has 0 saturated heterocycles. The number of H-pyrrole nitrogens is 1. The third-order valence-corrected chi connectivity index (χ3v) is 3.74. The number of aromatic amines is 1. The first kappa shape index (κ1) is 13.2. The molecule has 0 saturated carbocycles. The molecule has 0 aliphatic rings. The Hall–Kier alpha value is -3.47. The molecule has 3 aromatic heterocycles. The summed E-state index contributed by atoms with van der Waals surface area (Å²) in [7, 11) is 0. The number of rotatable bonds is 2. The highest BCUT2D eigenvalue weighted by Gasteiger charge is 2.11. The zero-order valence-electron chi connectivity index (χ0n) is 12.2. The van der Waals surface area contributed by atoms with Crippen LogP contribution in [0.1, 0.15) is 12.5 Å². The average molecular weight is 305 g/mol. The molecule has 112 valence electrons. The van der Waals surface area contributed by atoms with E-state index in [0.29, 0.717) is 16.9 Å². The Morgan fingerprint density at radius 1 is 1.35 bits per heavy atom. The van der Waals surface area contributed by atoms with E-state index in [1.165, 1.54) is 16.8 Å². The number of hydrogen-bond acceptors (Lipinski definition) is 5. The number of nitrogens with zero attached hydrogens (tertiary/aromatic N) is 6. The molecule has 0 amide bonds. The summed E-state index contributed by atoms with van der Waals surface area (Å²) in [5, 5.41) is 21.2. The molecule has 1 aromatic carbocycles. The molecule has 8 heteroatoms. The Balaban J connectivity index is 1.95. The highest BCUT2D eigenvalue weighted by atomic mass is 16.1. The van der Waals surface area contributed by atoms with E-state index in [1.54, 1.807) is 4.68 Å². The van der Waals surface area contributed by atoms with Gasteiger partial charge < -0.3 is 4.98 Å². The van der Waals surface area contributed by atoms with Crippen LogP contribution in [0, 0.1) is 11.3 Å². The van der Waals surface area contributed by atoms with Gasteiger partial charge in [0.2, 0.25) is 0 Å². The van der Waals surface area contributed by atoms with Crippen molar-refractivity contribution in [1.29, 1.82) is 5.26 Å². The van der Waals surface area contributed by atoms with Gasteiger partial charge in [-0.15, -0.1) is 5.10 Å². The van der Waals surface area contributed by atoms with Gasteiger partial charge in [0.15, 0.2) is 5.65 Å². The van der Waals surface area contributed by atoms with Gasteiger partial charge in [-0.3, -0.25) is 4.79 Å². The van der Waals surface area contributed by atoms with Crippen LogP contribution in [0.4, 0.5) is 0 Å². The predicted molar refractivity (Wildman–Crippen MR) is 82.7 cm³/mol. The maximum atomic E-state index is 12.2. The first-order valence-corrected chi connectivity index (χ1v) is 7.06. The topological polar surface area (TPSA) is 105 Å². The van der Waals surface area contributed by atoms with Gasteiger partial charge in [-0.2, -0.15) is 14.9 Å². The van der Waals surface area contributed by atoms with Gasteiger partial charge in [0, 0.05) is 18.2 Å². The first-order chi connectivity index (χ1) is 11.2. The third-order valence-electron chi connectivity index (χ3n) is 3.74. The molecule has 4 aromatic rings. The molecule has 3 heterocycles. The third kappa shape index (κ3) is 1.91. The van der Waals surface area contributed by atoms with E-state index in [9.17, 15) is 4.79 Å². The highest BCUT2D eigenvalue weighted by molar-refractivity contribution is 5.81. The van der Waals surface area contributed by atoms with Crippen LogP contribution < -0.4 is 5.56 Å². The largest absolute Gasteiger partial charge is 0.338 e. The van der Waals surface area contributed by atoms with Crippen molar-refractivity contribution < 1.29 is 0 Å². The molecule has 0 spiro atoms. The van der Waals surface area contributed by atoms with Crippen molar-refractivity contribution >= 4 is 16.7 Å². The second-order valence-electron chi connectivity index (χ2n) is 5.06. The van der Waals surface area contributed by atoms with Crippen molar-refractivity contribution in [3.8, 4) is 17.3 Å². The summed E-state index contributed by atoms with van der Waals surface area (Å²) >= 11 is 0. The lowest BCUT2D eigenvalue weighted by Crippen LogP contribution is -2.14. The summed E-state index contributed by atoms with van der Waals surface area (Å²) in [6, 6.07) is 9.13. The second kappa shape index (κ2) is 4.78. The Bertz CT molecular complexity index is 1140. The summed E-state index contributed by atoms with van der Waals surface area (Å²) < 4.78 is 2.98. The molecule has 0 atom stereocenters. The van der Waals surface area contributed by atoms with Crippen molar-refractivity contribution in [3.05, 3.63) is 46.4 Å². The highest BCUT2D eigenvalue weighted by Crippen LogP contribution is 2.22. The molecule has 0 unspecified atom stereocenters. The maximum Gasteiger partial charge on any atom is 0.274 e. The molecule has 8 nitrogen and oxygen atoms in total. The number of hydrogen-bond donors (Lipinski definition) is 1. The van der Waals surface area contributed by atoms with E-state index >= 15 is 0 Å². The summed E-state index contributed by atoms with van der Waals surface area (Å²) in [5.74, 6) is 0. The van der Waals surface area contributed by atoms with Gasteiger partial charge in [0.05, 0.1) is 17.4 Å². The van der Waals surface area contributed by atoms with Crippen molar-refractivity contribution in [2.24, 2.45) is 0 Å². The summed E-state index contributed by atoms with van der Waals surface area (Å²) in [5.41, 5.74) is 3.49. The molecule has 0 fully saturated rings. The number of benzene rings is 1. The van der Waals surface area contributed by atoms with Crippen molar-refractivity contribution in [2.75, 3.05) is 0 Å². The van der Waals surface area contributed by atoms with Gasteiger partial charge in [0.25, 0.3) is 5.56 Å². The molecule has 1 N–H and O–H groups in total. The van der Waals surface area contributed by atoms with E-state index in [2.05, 4.69) is 20.4 Å². The fraction of sp³-hybridized carbons (Fsp3) is 0.133. The van der Waals surface area contributed by atoms with E-state index in [1.807, 2.05) is 31.2 Å². The molecular weight excluding hydrogens is 294 g/mol. The van der Waals surface area contributed by atoms with Crippen molar-refractivity contribution in [1.82, 2.24) is 29.6 Å². The van der Waals surface area contributed by atoms with Crippen LogP contribution in [0.25, 0.3) is 27.9 Å². The molecule has 4 rings (SSSR count). The number of nitriles is 1. The van der Waals surface area contributed by atoms with Crippen LogP contribution in [0.3, 0.4) is 0 Å². The molecular formula is C15H11N7O. The maximum absolute atomic E-state index is 12.2. The van der Waals surface area contributed by atoms with Gasteiger partial charge in [-0.25, -0.2) is 4.68 Å².